The first-order valence-electron chi connectivity index (χ1n) is 9.62. The maximum absolute atomic E-state index is 2.64. The van der Waals surface area contributed by atoms with Crippen molar-refractivity contribution in [1.82, 2.24) is 9.80 Å². The molecule has 0 spiro atoms. The summed E-state index contributed by atoms with van der Waals surface area (Å²) < 4.78 is 0. The molecule has 2 nitrogen and oxygen atoms in total. The highest BCUT2D eigenvalue weighted by atomic mass is 15.3. The molecule has 0 N–H and O–H groups in total. The number of rotatable bonds is 8. The van der Waals surface area contributed by atoms with E-state index in [1.165, 1.54) is 63.1 Å². The minimum atomic E-state index is 0.679. The van der Waals surface area contributed by atoms with Gasteiger partial charge in [0.25, 0.3) is 0 Å². The zero-order valence-corrected chi connectivity index (χ0v) is 15.7. The Labute approximate surface area is 143 Å². The number of nitrogens with zero attached hydrogens (tertiary/aromatic N) is 2. The summed E-state index contributed by atoms with van der Waals surface area (Å²) in [5, 5.41) is 0. The number of hydrogen-bond acceptors (Lipinski definition) is 2. The molecule has 1 aliphatic heterocycles. The quantitative estimate of drug-likeness (QED) is 0.682. The Hall–Kier alpha value is -0.860. The largest absolute Gasteiger partial charge is 0.301 e. The van der Waals surface area contributed by atoms with Gasteiger partial charge in [0.2, 0.25) is 0 Å². The second-order valence-corrected chi connectivity index (χ2v) is 7.70. The molecule has 0 amide bonds. The van der Waals surface area contributed by atoms with E-state index in [2.05, 4.69) is 61.8 Å². The van der Waals surface area contributed by atoms with E-state index in [-0.39, 0.29) is 0 Å². The SMILES string of the molecule is CCC(C)c1ccc(CN2CCN(CCCC(C)C)CC2)cc1. The second-order valence-electron chi connectivity index (χ2n) is 7.70. The predicted molar refractivity (Wildman–Crippen MR) is 101 cm³/mol. The van der Waals surface area contributed by atoms with Gasteiger partial charge in [-0.25, -0.2) is 0 Å². The molecular weight excluding hydrogens is 280 g/mol. The first-order chi connectivity index (χ1) is 11.1. The average molecular weight is 317 g/mol. The van der Waals surface area contributed by atoms with Crippen LogP contribution in [-0.4, -0.2) is 42.5 Å². The molecule has 1 aliphatic rings. The van der Waals surface area contributed by atoms with Crippen LogP contribution in [0.5, 0.6) is 0 Å². The van der Waals surface area contributed by atoms with Crippen LogP contribution in [0, 0.1) is 5.92 Å². The predicted octanol–water partition coefficient (Wildman–Crippen LogP) is 4.75. The fourth-order valence-corrected chi connectivity index (χ4v) is 3.34. The molecule has 130 valence electrons. The van der Waals surface area contributed by atoms with Gasteiger partial charge in [-0.2, -0.15) is 0 Å². The maximum atomic E-state index is 2.64. The molecule has 1 unspecified atom stereocenters. The van der Waals surface area contributed by atoms with Crippen molar-refractivity contribution >= 4 is 0 Å². The summed E-state index contributed by atoms with van der Waals surface area (Å²) in [6.45, 7) is 16.5. The minimum Gasteiger partial charge on any atom is -0.301 e. The smallest absolute Gasteiger partial charge is 0.0234 e. The van der Waals surface area contributed by atoms with Gasteiger partial charge in [0, 0.05) is 32.7 Å². The van der Waals surface area contributed by atoms with Gasteiger partial charge in [-0.05, 0) is 48.8 Å². The lowest BCUT2D eigenvalue weighted by molar-refractivity contribution is 0.125. The van der Waals surface area contributed by atoms with Gasteiger partial charge in [-0.3, -0.25) is 4.90 Å². The van der Waals surface area contributed by atoms with Crippen molar-refractivity contribution in [2.75, 3.05) is 32.7 Å². The molecule has 1 fully saturated rings. The first-order valence-corrected chi connectivity index (χ1v) is 9.62. The average Bonchev–Trinajstić information content (AvgIpc) is 2.56. The Morgan fingerprint density at radius 1 is 0.913 bits per heavy atom. The highest BCUT2D eigenvalue weighted by Crippen LogP contribution is 2.19. The van der Waals surface area contributed by atoms with Crippen LogP contribution in [0.2, 0.25) is 0 Å². The monoisotopic (exact) mass is 316 g/mol. The number of hydrogen-bond donors (Lipinski definition) is 0. The standard InChI is InChI=1S/C21H36N2/c1-5-19(4)21-10-8-20(9-11-21)17-23-15-13-22(14-16-23)12-6-7-18(2)3/h8-11,18-19H,5-7,12-17H2,1-4H3. The normalized spacial score (nSPS) is 18.5. The maximum Gasteiger partial charge on any atom is 0.0234 e. The van der Waals surface area contributed by atoms with E-state index in [4.69, 9.17) is 0 Å². The van der Waals surface area contributed by atoms with Crippen LogP contribution in [0.3, 0.4) is 0 Å². The highest BCUT2D eigenvalue weighted by molar-refractivity contribution is 5.25. The van der Waals surface area contributed by atoms with Crippen molar-refractivity contribution in [3.8, 4) is 0 Å². The first kappa shape index (κ1) is 18.5. The third-order valence-corrected chi connectivity index (χ3v) is 5.29. The molecule has 2 heteroatoms. The van der Waals surface area contributed by atoms with E-state index in [1.54, 1.807) is 0 Å². The van der Waals surface area contributed by atoms with Crippen LogP contribution in [0.15, 0.2) is 24.3 Å². The van der Waals surface area contributed by atoms with Crippen LogP contribution in [0.25, 0.3) is 0 Å². The summed E-state index contributed by atoms with van der Waals surface area (Å²) in [5.74, 6) is 1.52. The van der Waals surface area contributed by atoms with Crippen molar-refractivity contribution in [2.24, 2.45) is 5.92 Å². The summed E-state index contributed by atoms with van der Waals surface area (Å²) in [6, 6.07) is 9.31. The molecule has 1 atom stereocenters. The van der Waals surface area contributed by atoms with Gasteiger partial charge >= 0.3 is 0 Å². The van der Waals surface area contributed by atoms with Crippen molar-refractivity contribution in [3.63, 3.8) is 0 Å². The van der Waals surface area contributed by atoms with Gasteiger partial charge in [0.05, 0.1) is 0 Å². The zero-order valence-electron chi connectivity index (χ0n) is 15.7. The third-order valence-electron chi connectivity index (χ3n) is 5.29. The molecule has 0 aromatic heterocycles. The van der Waals surface area contributed by atoms with Crippen LogP contribution < -0.4 is 0 Å². The molecule has 23 heavy (non-hydrogen) atoms. The van der Waals surface area contributed by atoms with Crippen LogP contribution in [0.1, 0.15) is 64.0 Å². The van der Waals surface area contributed by atoms with Gasteiger partial charge in [0.15, 0.2) is 0 Å². The second kappa shape index (κ2) is 9.44. The van der Waals surface area contributed by atoms with E-state index in [0.29, 0.717) is 5.92 Å². The van der Waals surface area contributed by atoms with Crippen LogP contribution >= 0.6 is 0 Å². The fraction of sp³-hybridized carbons (Fsp3) is 0.714. The molecule has 1 aromatic rings. The lowest BCUT2D eigenvalue weighted by Crippen LogP contribution is -2.46. The fourth-order valence-electron chi connectivity index (χ4n) is 3.34. The molecule has 0 radical (unpaired) electrons. The van der Waals surface area contributed by atoms with Crippen molar-refractivity contribution in [3.05, 3.63) is 35.4 Å². The molecular formula is C21H36N2. The van der Waals surface area contributed by atoms with E-state index in [1.807, 2.05) is 0 Å². The highest BCUT2D eigenvalue weighted by Gasteiger charge is 2.16. The Morgan fingerprint density at radius 2 is 1.52 bits per heavy atom. The number of piperazine rings is 1. The molecule has 0 aliphatic carbocycles. The van der Waals surface area contributed by atoms with Crippen molar-refractivity contribution < 1.29 is 0 Å². The van der Waals surface area contributed by atoms with Gasteiger partial charge < -0.3 is 4.90 Å². The summed E-state index contributed by atoms with van der Waals surface area (Å²) in [6.07, 6.45) is 3.94. The summed E-state index contributed by atoms with van der Waals surface area (Å²) in [4.78, 5) is 5.25. The molecule has 2 rings (SSSR count). The van der Waals surface area contributed by atoms with Crippen molar-refractivity contribution in [2.45, 2.75) is 59.4 Å². The molecule has 1 saturated heterocycles. The van der Waals surface area contributed by atoms with E-state index >= 15 is 0 Å². The molecule has 0 bridgehead atoms. The third kappa shape index (κ3) is 6.27. The van der Waals surface area contributed by atoms with Crippen molar-refractivity contribution in [1.29, 1.82) is 0 Å². The van der Waals surface area contributed by atoms with E-state index < -0.39 is 0 Å². The van der Waals surface area contributed by atoms with Gasteiger partial charge in [-0.15, -0.1) is 0 Å². The van der Waals surface area contributed by atoms with Gasteiger partial charge in [-0.1, -0.05) is 52.0 Å². The molecule has 0 saturated carbocycles. The van der Waals surface area contributed by atoms with E-state index in [9.17, 15) is 0 Å². The van der Waals surface area contributed by atoms with Crippen LogP contribution in [0.4, 0.5) is 0 Å². The zero-order chi connectivity index (χ0) is 16.7. The Balaban J connectivity index is 1.71. The summed E-state index contributed by atoms with van der Waals surface area (Å²) in [5.41, 5.74) is 2.94. The summed E-state index contributed by atoms with van der Waals surface area (Å²) in [7, 11) is 0. The Bertz CT molecular complexity index is 430. The lowest BCUT2D eigenvalue weighted by atomic mass is 9.97. The van der Waals surface area contributed by atoms with Gasteiger partial charge in [0.1, 0.15) is 0 Å². The Morgan fingerprint density at radius 3 is 2.09 bits per heavy atom. The topological polar surface area (TPSA) is 6.48 Å². The lowest BCUT2D eigenvalue weighted by Gasteiger charge is -2.34. The molecule has 1 heterocycles. The van der Waals surface area contributed by atoms with Crippen LogP contribution in [-0.2, 0) is 6.54 Å². The number of benzene rings is 1. The van der Waals surface area contributed by atoms with E-state index in [0.717, 1.165) is 12.5 Å². The minimum absolute atomic E-state index is 0.679. The molecule has 1 aromatic carbocycles. The Kier molecular flexibility index (Phi) is 7.58. The summed E-state index contributed by atoms with van der Waals surface area (Å²) >= 11 is 0.